The molecular formula is C25H23FINO. The summed E-state index contributed by atoms with van der Waals surface area (Å²) >= 11 is 2.42. The van der Waals surface area contributed by atoms with Gasteiger partial charge < -0.3 is 9.30 Å². The fraction of sp³-hybridized carbons (Fsp3) is 0.200. The highest BCUT2D eigenvalue weighted by Gasteiger charge is 2.28. The summed E-state index contributed by atoms with van der Waals surface area (Å²) in [6.45, 7) is 7.12. The molecule has 0 saturated carbocycles. The van der Waals surface area contributed by atoms with Crippen molar-refractivity contribution in [1.82, 2.24) is 4.57 Å². The Labute approximate surface area is 184 Å². The van der Waals surface area contributed by atoms with Crippen molar-refractivity contribution in [1.29, 1.82) is 0 Å². The molecule has 0 unspecified atom stereocenters. The predicted molar refractivity (Wildman–Crippen MR) is 125 cm³/mol. The number of ether oxygens (including phenoxy) is 1. The van der Waals surface area contributed by atoms with Crippen molar-refractivity contribution < 1.29 is 9.13 Å². The van der Waals surface area contributed by atoms with E-state index in [1.165, 1.54) is 17.8 Å². The van der Waals surface area contributed by atoms with E-state index in [0.29, 0.717) is 6.61 Å². The molecule has 0 spiro atoms. The van der Waals surface area contributed by atoms with Crippen LogP contribution in [0.25, 0.3) is 16.6 Å². The summed E-state index contributed by atoms with van der Waals surface area (Å²) in [4.78, 5) is 0. The highest BCUT2D eigenvalue weighted by molar-refractivity contribution is 14.1. The topological polar surface area (TPSA) is 14.2 Å². The zero-order valence-electron chi connectivity index (χ0n) is 16.7. The van der Waals surface area contributed by atoms with Gasteiger partial charge in [-0.15, -0.1) is 0 Å². The van der Waals surface area contributed by atoms with E-state index in [4.69, 9.17) is 4.74 Å². The lowest BCUT2D eigenvalue weighted by Gasteiger charge is -2.23. The largest absolute Gasteiger partial charge is 0.488 e. The average Bonchev–Trinajstić information content (AvgIpc) is 3.01. The van der Waals surface area contributed by atoms with Gasteiger partial charge in [-0.1, -0.05) is 57.2 Å². The van der Waals surface area contributed by atoms with Gasteiger partial charge in [0.1, 0.15) is 18.2 Å². The first-order valence-corrected chi connectivity index (χ1v) is 10.7. The van der Waals surface area contributed by atoms with Crippen LogP contribution in [0.5, 0.6) is 5.75 Å². The molecule has 1 heterocycles. The summed E-state index contributed by atoms with van der Waals surface area (Å²) in [7, 11) is 0. The third-order valence-corrected chi connectivity index (χ3v) is 5.98. The summed E-state index contributed by atoms with van der Waals surface area (Å²) in [6, 6.07) is 23.0. The van der Waals surface area contributed by atoms with Crippen molar-refractivity contribution in [2.45, 2.75) is 32.8 Å². The maximum Gasteiger partial charge on any atom is 0.130 e. The Hall–Kier alpha value is -2.34. The minimum atomic E-state index is -0.232. The molecule has 0 atom stereocenters. The van der Waals surface area contributed by atoms with Crippen LogP contribution < -0.4 is 4.74 Å². The number of hydrogen-bond donors (Lipinski definition) is 0. The Morgan fingerprint density at radius 3 is 2.24 bits per heavy atom. The first-order chi connectivity index (χ1) is 13.9. The summed E-state index contributed by atoms with van der Waals surface area (Å²) in [5, 5.41) is 1.10. The maximum atomic E-state index is 13.6. The van der Waals surface area contributed by atoms with Crippen LogP contribution in [0.1, 0.15) is 32.0 Å². The lowest BCUT2D eigenvalue weighted by molar-refractivity contribution is 0.310. The number of hydrogen-bond acceptors (Lipinski definition) is 1. The minimum absolute atomic E-state index is 0.0966. The van der Waals surface area contributed by atoms with Crippen LogP contribution in [-0.4, -0.2) is 4.57 Å². The average molecular weight is 499 g/mol. The van der Waals surface area contributed by atoms with Gasteiger partial charge in [0.15, 0.2) is 0 Å². The van der Waals surface area contributed by atoms with Crippen LogP contribution >= 0.6 is 22.6 Å². The molecule has 1 aromatic heterocycles. The number of halogens is 2. The fourth-order valence-electron chi connectivity index (χ4n) is 3.64. The molecule has 0 bridgehead atoms. The van der Waals surface area contributed by atoms with Crippen molar-refractivity contribution in [2.24, 2.45) is 0 Å². The van der Waals surface area contributed by atoms with Crippen molar-refractivity contribution in [3.05, 3.63) is 93.4 Å². The van der Waals surface area contributed by atoms with Gasteiger partial charge >= 0.3 is 0 Å². The molecule has 148 valence electrons. The van der Waals surface area contributed by atoms with Crippen LogP contribution in [-0.2, 0) is 12.0 Å². The van der Waals surface area contributed by atoms with E-state index in [1.807, 2.05) is 42.5 Å². The summed E-state index contributed by atoms with van der Waals surface area (Å²) in [5.41, 5.74) is 4.24. The van der Waals surface area contributed by atoms with Crippen LogP contribution in [0.4, 0.5) is 4.39 Å². The molecule has 4 rings (SSSR count). The molecule has 0 saturated heterocycles. The molecule has 4 aromatic rings. The van der Waals surface area contributed by atoms with Crippen molar-refractivity contribution in [3.8, 4) is 11.4 Å². The van der Waals surface area contributed by atoms with E-state index in [-0.39, 0.29) is 11.2 Å². The standard InChI is InChI=1S/C25H23FINO/c1-25(2,3)24-23(27)22-20(28(24)19-14-12-18(26)13-15-19)10-7-11-21(22)29-16-17-8-5-4-6-9-17/h4-15H,16H2,1-3H3. The second-order valence-corrected chi connectivity index (χ2v) is 9.23. The van der Waals surface area contributed by atoms with Gasteiger partial charge in [-0.25, -0.2) is 4.39 Å². The monoisotopic (exact) mass is 499 g/mol. The van der Waals surface area contributed by atoms with E-state index >= 15 is 0 Å². The van der Waals surface area contributed by atoms with Crippen molar-refractivity contribution in [2.75, 3.05) is 0 Å². The van der Waals surface area contributed by atoms with Crippen LogP contribution in [0.3, 0.4) is 0 Å². The van der Waals surface area contributed by atoms with Gasteiger partial charge in [0.05, 0.1) is 10.9 Å². The van der Waals surface area contributed by atoms with E-state index < -0.39 is 0 Å². The first kappa shape index (κ1) is 20.0. The second-order valence-electron chi connectivity index (χ2n) is 8.15. The molecule has 0 radical (unpaired) electrons. The highest BCUT2D eigenvalue weighted by atomic mass is 127. The Bertz CT molecular complexity index is 1140. The molecule has 0 aliphatic heterocycles. The molecule has 0 aliphatic carbocycles. The molecule has 4 heteroatoms. The fourth-order valence-corrected chi connectivity index (χ4v) is 5.23. The van der Waals surface area contributed by atoms with Crippen molar-refractivity contribution in [3.63, 3.8) is 0 Å². The van der Waals surface area contributed by atoms with Gasteiger partial charge in [0.2, 0.25) is 0 Å². The lowest BCUT2D eigenvalue weighted by atomic mass is 9.92. The summed E-state index contributed by atoms with van der Waals surface area (Å²) < 4.78 is 23.2. The van der Waals surface area contributed by atoms with E-state index in [2.05, 4.69) is 66.1 Å². The SMILES string of the molecule is CC(C)(C)c1c(I)c2c(OCc3ccccc3)cccc2n1-c1ccc(F)cc1. The molecule has 0 N–H and O–H groups in total. The third-order valence-electron chi connectivity index (χ3n) is 4.93. The second kappa shape index (κ2) is 7.82. The maximum absolute atomic E-state index is 13.6. The molecule has 0 fully saturated rings. The predicted octanol–water partition coefficient (Wildman–Crippen LogP) is 7.25. The van der Waals surface area contributed by atoms with Gasteiger partial charge in [0, 0.05) is 20.4 Å². The molecular weight excluding hydrogens is 476 g/mol. The minimum Gasteiger partial charge on any atom is -0.488 e. The van der Waals surface area contributed by atoms with Crippen LogP contribution in [0, 0.1) is 9.39 Å². The summed E-state index contributed by atoms with van der Waals surface area (Å²) in [5.74, 6) is 0.631. The van der Waals surface area contributed by atoms with Crippen molar-refractivity contribution >= 4 is 33.5 Å². The van der Waals surface area contributed by atoms with Gasteiger partial charge in [-0.2, -0.15) is 0 Å². The lowest BCUT2D eigenvalue weighted by Crippen LogP contribution is -2.18. The van der Waals surface area contributed by atoms with E-state index in [9.17, 15) is 4.39 Å². The van der Waals surface area contributed by atoms with Crippen LogP contribution in [0.15, 0.2) is 72.8 Å². The highest BCUT2D eigenvalue weighted by Crippen LogP contribution is 2.41. The Morgan fingerprint density at radius 2 is 1.59 bits per heavy atom. The zero-order chi connectivity index (χ0) is 20.6. The van der Waals surface area contributed by atoms with Gasteiger partial charge in [-0.3, -0.25) is 0 Å². The molecule has 3 aromatic carbocycles. The third kappa shape index (κ3) is 3.90. The smallest absolute Gasteiger partial charge is 0.130 e. The Balaban J connectivity index is 1.89. The number of rotatable bonds is 4. The first-order valence-electron chi connectivity index (χ1n) is 9.62. The number of benzene rings is 3. The van der Waals surface area contributed by atoms with Gasteiger partial charge in [-0.05, 0) is 64.6 Å². The molecule has 29 heavy (non-hydrogen) atoms. The zero-order valence-corrected chi connectivity index (χ0v) is 18.9. The van der Waals surface area contributed by atoms with E-state index in [0.717, 1.165) is 31.5 Å². The molecule has 0 aliphatic rings. The molecule has 0 amide bonds. The van der Waals surface area contributed by atoms with Gasteiger partial charge in [0.25, 0.3) is 0 Å². The number of aromatic nitrogens is 1. The summed E-state index contributed by atoms with van der Waals surface area (Å²) in [6.07, 6.45) is 0. The quantitative estimate of drug-likeness (QED) is 0.270. The normalized spacial score (nSPS) is 11.8. The molecule has 2 nitrogen and oxygen atoms in total. The Kier molecular flexibility index (Phi) is 5.38. The number of fused-ring (bicyclic) bond motifs is 1. The van der Waals surface area contributed by atoms with E-state index in [1.54, 1.807) is 0 Å². The number of nitrogens with zero attached hydrogens (tertiary/aromatic N) is 1. The van der Waals surface area contributed by atoms with Crippen LogP contribution in [0.2, 0.25) is 0 Å². The Morgan fingerprint density at radius 1 is 0.897 bits per heavy atom.